The van der Waals surface area contributed by atoms with Gasteiger partial charge in [-0.1, -0.05) is 24.3 Å². The number of nitrogens with zero attached hydrogens (tertiary/aromatic N) is 3. The molecule has 2 unspecified atom stereocenters. The number of rotatable bonds is 3. The molecule has 0 aliphatic carbocycles. The zero-order chi connectivity index (χ0) is 20.5. The van der Waals surface area contributed by atoms with Crippen LogP contribution in [0.3, 0.4) is 0 Å². The molecule has 7 heteroatoms. The van der Waals surface area contributed by atoms with Gasteiger partial charge in [-0.2, -0.15) is 0 Å². The summed E-state index contributed by atoms with van der Waals surface area (Å²) in [5.74, 6) is -1.30. The minimum absolute atomic E-state index is 0.0785. The maximum absolute atomic E-state index is 14.0. The van der Waals surface area contributed by atoms with Crippen LogP contribution in [0, 0.1) is 17.6 Å². The number of para-hydroxylation sites is 1. The number of likely N-dealkylation sites (tertiary alicyclic amines) is 1. The Morgan fingerprint density at radius 2 is 1.62 bits per heavy atom. The highest BCUT2D eigenvalue weighted by Gasteiger charge is 2.44. The number of anilines is 1. The molecule has 0 spiro atoms. The number of carbonyl (C=O) groups excluding carboxylic acids is 2. The van der Waals surface area contributed by atoms with Gasteiger partial charge in [0.2, 0.25) is 11.8 Å². The lowest BCUT2D eigenvalue weighted by atomic mass is 9.92. The normalized spacial score (nSPS) is 22.3. The van der Waals surface area contributed by atoms with E-state index in [9.17, 15) is 18.4 Å². The van der Waals surface area contributed by atoms with Gasteiger partial charge >= 0.3 is 0 Å². The molecule has 2 atom stereocenters. The highest BCUT2D eigenvalue weighted by atomic mass is 19.1. The summed E-state index contributed by atoms with van der Waals surface area (Å²) < 4.78 is 27.3. The molecule has 152 valence electrons. The van der Waals surface area contributed by atoms with Gasteiger partial charge in [-0.25, -0.2) is 8.78 Å². The lowest BCUT2D eigenvalue weighted by Gasteiger charge is -2.38. The molecule has 0 bridgehead atoms. The summed E-state index contributed by atoms with van der Waals surface area (Å²) >= 11 is 0. The molecule has 2 fully saturated rings. The Morgan fingerprint density at radius 3 is 2.28 bits per heavy atom. The number of benzene rings is 2. The van der Waals surface area contributed by atoms with E-state index in [1.165, 1.54) is 18.2 Å². The Balaban J connectivity index is 1.48. The van der Waals surface area contributed by atoms with Crippen molar-refractivity contribution in [1.29, 1.82) is 0 Å². The molecule has 0 aromatic heterocycles. The maximum atomic E-state index is 14.0. The molecular formula is C22H23F2N3O2. The highest BCUT2D eigenvalue weighted by Crippen LogP contribution is 2.38. The lowest BCUT2D eigenvalue weighted by Crippen LogP contribution is -2.51. The fourth-order valence-corrected chi connectivity index (χ4v) is 4.32. The third-order valence-corrected chi connectivity index (χ3v) is 5.90. The van der Waals surface area contributed by atoms with Crippen LogP contribution in [0.15, 0.2) is 48.5 Å². The van der Waals surface area contributed by atoms with Gasteiger partial charge in [0.1, 0.15) is 11.6 Å². The maximum Gasteiger partial charge on any atom is 0.228 e. The molecule has 4 rings (SSSR count). The molecule has 2 saturated heterocycles. The van der Waals surface area contributed by atoms with Crippen LogP contribution in [0.25, 0.3) is 0 Å². The molecular weight excluding hydrogens is 376 g/mol. The molecule has 2 amide bonds. The summed E-state index contributed by atoms with van der Waals surface area (Å²) in [6.07, 6.45) is 0.144. The minimum Gasteiger partial charge on any atom is -0.366 e. The Hall–Kier alpha value is -2.96. The monoisotopic (exact) mass is 399 g/mol. The number of hydrogen-bond donors (Lipinski definition) is 0. The summed E-state index contributed by atoms with van der Waals surface area (Å²) in [6, 6.07) is 12.2. The SMILES string of the molecule is CN1C(=O)CC(C(=O)N2CCN(c3ccccc3F)CC2)C1c1ccc(F)cc1. The summed E-state index contributed by atoms with van der Waals surface area (Å²) in [7, 11) is 1.68. The Labute approximate surface area is 168 Å². The average Bonchev–Trinajstić information content (AvgIpc) is 3.03. The third kappa shape index (κ3) is 3.69. The molecule has 0 saturated carbocycles. The average molecular weight is 399 g/mol. The molecule has 2 aromatic carbocycles. The first-order valence-electron chi connectivity index (χ1n) is 9.75. The van der Waals surface area contributed by atoms with Crippen molar-refractivity contribution in [3.63, 3.8) is 0 Å². The van der Waals surface area contributed by atoms with Gasteiger partial charge in [-0.3, -0.25) is 9.59 Å². The summed E-state index contributed by atoms with van der Waals surface area (Å²) in [5.41, 5.74) is 1.29. The third-order valence-electron chi connectivity index (χ3n) is 5.90. The molecule has 2 heterocycles. The summed E-state index contributed by atoms with van der Waals surface area (Å²) in [6.45, 7) is 2.00. The first kappa shape index (κ1) is 19.4. The number of carbonyl (C=O) groups is 2. The van der Waals surface area contributed by atoms with Crippen molar-refractivity contribution in [2.45, 2.75) is 12.5 Å². The van der Waals surface area contributed by atoms with Crippen LogP contribution in [0.1, 0.15) is 18.0 Å². The van der Waals surface area contributed by atoms with Gasteiger partial charge < -0.3 is 14.7 Å². The lowest BCUT2D eigenvalue weighted by molar-refractivity contribution is -0.136. The molecule has 29 heavy (non-hydrogen) atoms. The van der Waals surface area contributed by atoms with Gasteiger partial charge in [0.15, 0.2) is 0 Å². The molecule has 0 radical (unpaired) electrons. The fourth-order valence-electron chi connectivity index (χ4n) is 4.32. The van der Waals surface area contributed by atoms with Crippen molar-refractivity contribution in [3.8, 4) is 0 Å². The van der Waals surface area contributed by atoms with Crippen molar-refractivity contribution in [3.05, 3.63) is 65.7 Å². The van der Waals surface area contributed by atoms with E-state index in [2.05, 4.69) is 0 Å². The second-order valence-corrected chi connectivity index (χ2v) is 7.58. The van der Waals surface area contributed by atoms with Crippen molar-refractivity contribution in [2.24, 2.45) is 5.92 Å². The van der Waals surface area contributed by atoms with Crippen LogP contribution in [0.5, 0.6) is 0 Å². The standard InChI is InChI=1S/C22H23F2N3O2/c1-25-20(28)14-17(21(25)15-6-8-16(23)9-7-15)22(29)27-12-10-26(11-13-27)19-5-3-2-4-18(19)24/h2-9,17,21H,10-14H2,1H3. The van der Waals surface area contributed by atoms with Crippen molar-refractivity contribution >= 4 is 17.5 Å². The van der Waals surface area contributed by atoms with Crippen molar-refractivity contribution < 1.29 is 18.4 Å². The van der Waals surface area contributed by atoms with E-state index in [4.69, 9.17) is 0 Å². The Kier molecular flexibility index (Phi) is 5.22. The molecule has 2 aliphatic rings. The van der Waals surface area contributed by atoms with E-state index in [1.807, 2.05) is 4.90 Å². The fraction of sp³-hybridized carbons (Fsp3) is 0.364. The summed E-state index contributed by atoms with van der Waals surface area (Å²) in [4.78, 5) is 30.8. The zero-order valence-corrected chi connectivity index (χ0v) is 16.2. The minimum atomic E-state index is -0.502. The van der Waals surface area contributed by atoms with E-state index in [0.717, 1.165) is 5.56 Å². The largest absolute Gasteiger partial charge is 0.366 e. The van der Waals surface area contributed by atoms with E-state index in [-0.39, 0.29) is 29.9 Å². The van der Waals surface area contributed by atoms with E-state index in [0.29, 0.717) is 31.9 Å². The molecule has 2 aliphatic heterocycles. The van der Waals surface area contributed by atoms with Gasteiger partial charge in [0, 0.05) is 39.6 Å². The van der Waals surface area contributed by atoms with E-state index in [1.54, 1.807) is 47.2 Å². The quantitative estimate of drug-likeness (QED) is 0.797. The molecule has 5 nitrogen and oxygen atoms in total. The second-order valence-electron chi connectivity index (χ2n) is 7.58. The van der Waals surface area contributed by atoms with Crippen LogP contribution >= 0.6 is 0 Å². The van der Waals surface area contributed by atoms with Crippen LogP contribution in [-0.4, -0.2) is 54.8 Å². The van der Waals surface area contributed by atoms with Crippen LogP contribution in [-0.2, 0) is 9.59 Å². The van der Waals surface area contributed by atoms with Crippen LogP contribution < -0.4 is 4.90 Å². The Bertz CT molecular complexity index is 911. The van der Waals surface area contributed by atoms with E-state index < -0.39 is 12.0 Å². The van der Waals surface area contributed by atoms with Crippen molar-refractivity contribution in [2.75, 3.05) is 38.1 Å². The van der Waals surface area contributed by atoms with Gasteiger partial charge in [0.25, 0.3) is 0 Å². The predicted molar refractivity (Wildman–Crippen MR) is 105 cm³/mol. The number of amides is 2. The van der Waals surface area contributed by atoms with E-state index >= 15 is 0 Å². The zero-order valence-electron chi connectivity index (χ0n) is 16.2. The van der Waals surface area contributed by atoms with Gasteiger partial charge in [-0.05, 0) is 29.8 Å². The van der Waals surface area contributed by atoms with Crippen LogP contribution in [0.2, 0.25) is 0 Å². The Morgan fingerprint density at radius 1 is 0.966 bits per heavy atom. The number of halogens is 2. The second kappa shape index (κ2) is 7.81. The molecule has 0 N–H and O–H groups in total. The smallest absolute Gasteiger partial charge is 0.228 e. The molecule has 2 aromatic rings. The number of hydrogen-bond acceptors (Lipinski definition) is 3. The predicted octanol–water partition coefficient (Wildman–Crippen LogP) is 2.83. The van der Waals surface area contributed by atoms with Crippen LogP contribution in [0.4, 0.5) is 14.5 Å². The highest BCUT2D eigenvalue weighted by molar-refractivity contribution is 5.90. The topological polar surface area (TPSA) is 43.9 Å². The van der Waals surface area contributed by atoms with Gasteiger partial charge in [0.05, 0.1) is 17.6 Å². The first-order chi connectivity index (χ1) is 14.0. The van der Waals surface area contributed by atoms with Crippen molar-refractivity contribution in [1.82, 2.24) is 9.80 Å². The number of piperazine rings is 1. The first-order valence-corrected chi connectivity index (χ1v) is 9.75. The van der Waals surface area contributed by atoms with Gasteiger partial charge in [-0.15, -0.1) is 0 Å². The summed E-state index contributed by atoms with van der Waals surface area (Å²) in [5, 5.41) is 0.